The number of rotatable bonds is 7. The van der Waals surface area contributed by atoms with Crippen LogP contribution in [0.3, 0.4) is 0 Å². The third-order valence-corrected chi connectivity index (χ3v) is 3.62. The molecule has 2 rings (SSSR count). The minimum Gasteiger partial charge on any atom is -0.497 e. The van der Waals surface area contributed by atoms with Crippen molar-refractivity contribution in [2.45, 2.75) is 39.5 Å². The predicted octanol–water partition coefficient (Wildman–Crippen LogP) is 4.54. The van der Waals surface area contributed by atoms with E-state index in [0.717, 1.165) is 28.9 Å². The molecular formula is C17H24N2O. The van der Waals surface area contributed by atoms with Gasteiger partial charge in [-0.15, -0.1) is 0 Å². The Morgan fingerprint density at radius 1 is 1.20 bits per heavy atom. The molecule has 0 amide bonds. The van der Waals surface area contributed by atoms with Gasteiger partial charge in [0, 0.05) is 24.2 Å². The molecule has 108 valence electrons. The maximum absolute atomic E-state index is 5.40. The number of hydrogen-bond acceptors (Lipinski definition) is 3. The number of hydrogen-bond donors (Lipinski definition) is 1. The lowest BCUT2D eigenvalue weighted by molar-refractivity contribution is 0.415. The van der Waals surface area contributed by atoms with Gasteiger partial charge in [0.2, 0.25) is 0 Å². The second-order valence-electron chi connectivity index (χ2n) is 5.19. The van der Waals surface area contributed by atoms with Crippen LogP contribution in [-0.4, -0.2) is 18.6 Å². The maximum atomic E-state index is 5.40. The second kappa shape index (κ2) is 7.13. The fraction of sp³-hybridized carbons (Fsp3) is 0.471. The van der Waals surface area contributed by atoms with Crippen LogP contribution >= 0.6 is 0 Å². The van der Waals surface area contributed by atoms with Gasteiger partial charge in [-0.2, -0.15) is 0 Å². The molecule has 0 radical (unpaired) electrons. The highest BCUT2D eigenvalue weighted by molar-refractivity contribution is 5.93. The first-order valence-corrected chi connectivity index (χ1v) is 7.43. The van der Waals surface area contributed by atoms with E-state index in [1.165, 1.54) is 31.2 Å². The third-order valence-electron chi connectivity index (χ3n) is 3.62. The second-order valence-corrected chi connectivity index (χ2v) is 5.19. The zero-order valence-electron chi connectivity index (χ0n) is 12.7. The van der Waals surface area contributed by atoms with Gasteiger partial charge in [-0.3, -0.25) is 4.98 Å². The Morgan fingerprint density at radius 2 is 2.05 bits per heavy atom. The minimum absolute atomic E-state index is 0.879. The van der Waals surface area contributed by atoms with Crippen LogP contribution in [0.2, 0.25) is 0 Å². The van der Waals surface area contributed by atoms with E-state index >= 15 is 0 Å². The molecule has 1 aromatic carbocycles. The van der Waals surface area contributed by atoms with Gasteiger partial charge < -0.3 is 10.1 Å². The summed E-state index contributed by atoms with van der Waals surface area (Å²) in [7, 11) is 1.71. The first-order chi connectivity index (χ1) is 9.76. The summed E-state index contributed by atoms with van der Waals surface area (Å²) < 4.78 is 5.40. The lowest BCUT2D eigenvalue weighted by Gasteiger charge is -2.12. The van der Waals surface area contributed by atoms with Crippen LogP contribution in [0.5, 0.6) is 5.75 Å². The minimum atomic E-state index is 0.879. The van der Waals surface area contributed by atoms with E-state index < -0.39 is 0 Å². The smallest absolute Gasteiger partial charge is 0.121 e. The SMILES string of the molecule is CCCCCCNc1cc(OC)cc2c(C)ccnc12. The van der Waals surface area contributed by atoms with Crippen molar-refractivity contribution in [1.29, 1.82) is 0 Å². The molecule has 3 nitrogen and oxygen atoms in total. The van der Waals surface area contributed by atoms with Gasteiger partial charge >= 0.3 is 0 Å². The topological polar surface area (TPSA) is 34.1 Å². The predicted molar refractivity (Wildman–Crippen MR) is 85.7 cm³/mol. The number of nitrogens with one attached hydrogen (secondary N) is 1. The Labute approximate surface area is 121 Å². The lowest BCUT2D eigenvalue weighted by atomic mass is 10.1. The number of pyridine rings is 1. The molecular weight excluding hydrogens is 248 g/mol. The molecule has 0 unspecified atom stereocenters. The van der Waals surface area contributed by atoms with Gasteiger partial charge in [0.1, 0.15) is 5.75 Å². The molecule has 1 aromatic heterocycles. The summed E-state index contributed by atoms with van der Waals surface area (Å²) in [5.74, 6) is 0.879. The summed E-state index contributed by atoms with van der Waals surface area (Å²) in [5.41, 5.74) is 3.32. The standard InChI is InChI=1S/C17H24N2O/c1-4-5-6-7-9-18-16-12-14(20-3)11-15-13(2)8-10-19-17(15)16/h8,10-12,18H,4-7,9H2,1-3H3. The molecule has 0 atom stereocenters. The van der Waals surface area contributed by atoms with Crippen molar-refractivity contribution in [2.24, 2.45) is 0 Å². The van der Waals surface area contributed by atoms with E-state index in [9.17, 15) is 0 Å². The fourth-order valence-electron chi connectivity index (χ4n) is 2.39. The molecule has 0 fully saturated rings. The number of methoxy groups -OCH3 is 1. The van der Waals surface area contributed by atoms with E-state index in [4.69, 9.17) is 4.74 Å². The summed E-state index contributed by atoms with van der Waals surface area (Å²) in [6.07, 6.45) is 6.91. The number of aromatic nitrogens is 1. The number of ether oxygens (including phenoxy) is 1. The Bertz CT molecular complexity index is 566. The number of fused-ring (bicyclic) bond motifs is 1. The van der Waals surface area contributed by atoms with Crippen molar-refractivity contribution < 1.29 is 4.74 Å². The van der Waals surface area contributed by atoms with Gasteiger partial charge in [0.15, 0.2) is 0 Å². The van der Waals surface area contributed by atoms with E-state index in [2.05, 4.69) is 30.2 Å². The summed E-state index contributed by atoms with van der Waals surface area (Å²) in [5, 5.41) is 4.66. The molecule has 0 aliphatic heterocycles. The first kappa shape index (κ1) is 14.6. The highest BCUT2D eigenvalue weighted by Gasteiger charge is 2.07. The summed E-state index contributed by atoms with van der Waals surface area (Å²) in [6, 6.07) is 6.13. The van der Waals surface area contributed by atoms with E-state index in [1.807, 2.05) is 18.3 Å². The quantitative estimate of drug-likeness (QED) is 0.751. The van der Waals surface area contributed by atoms with Crippen molar-refractivity contribution in [3.63, 3.8) is 0 Å². The van der Waals surface area contributed by atoms with Gasteiger partial charge in [-0.05, 0) is 31.0 Å². The average Bonchev–Trinajstić information content (AvgIpc) is 2.47. The molecule has 1 heterocycles. The van der Waals surface area contributed by atoms with E-state index in [1.54, 1.807) is 7.11 Å². The van der Waals surface area contributed by atoms with Crippen LogP contribution in [0.1, 0.15) is 38.2 Å². The highest BCUT2D eigenvalue weighted by atomic mass is 16.5. The molecule has 0 aliphatic rings. The Balaban J connectivity index is 2.20. The maximum Gasteiger partial charge on any atom is 0.121 e. The van der Waals surface area contributed by atoms with Crippen molar-refractivity contribution in [3.05, 3.63) is 30.0 Å². The molecule has 0 spiro atoms. The van der Waals surface area contributed by atoms with E-state index in [0.29, 0.717) is 0 Å². The number of unbranched alkanes of at least 4 members (excludes halogenated alkanes) is 3. The molecule has 0 aliphatic carbocycles. The van der Waals surface area contributed by atoms with Crippen molar-refractivity contribution in [1.82, 2.24) is 4.98 Å². The van der Waals surface area contributed by atoms with Crippen LogP contribution in [0, 0.1) is 6.92 Å². The number of anilines is 1. The van der Waals surface area contributed by atoms with E-state index in [-0.39, 0.29) is 0 Å². The van der Waals surface area contributed by atoms with Gasteiger partial charge in [-0.1, -0.05) is 26.2 Å². The summed E-state index contributed by atoms with van der Waals surface area (Å²) >= 11 is 0. The van der Waals surface area contributed by atoms with Crippen LogP contribution in [0.25, 0.3) is 10.9 Å². The molecule has 1 N–H and O–H groups in total. The van der Waals surface area contributed by atoms with Crippen molar-refractivity contribution in [3.8, 4) is 5.75 Å². The molecule has 0 saturated heterocycles. The number of aryl methyl sites for hydroxylation is 1. The first-order valence-electron chi connectivity index (χ1n) is 7.43. The molecule has 0 saturated carbocycles. The molecule has 3 heteroatoms. The van der Waals surface area contributed by atoms with Crippen molar-refractivity contribution in [2.75, 3.05) is 19.0 Å². The lowest BCUT2D eigenvalue weighted by Crippen LogP contribution is -2.03. The highest BCUT2D eigenvalue weighted by Crippen LogP contribution is 2.29. The van der Waals surface area contributed by atoms with Crippen LogP contribution in [-0.2, 0) is 0 Å². The fourth-order valence-corrected chi connectivity index (χ4v) is 2.39. The molecule has 2 aromatic rings. The Morgan fingerprint density at radius 3 is 2.80 bits per heavy atom. The molecule has 20 heavy (non-hydrogen) atoms. The normalized spacial score (nSPS) is 10.8. The van der Waals surface area contributed by atoms with Gasteiger partial charge in [0.25, 0.3) is 0 Å². The van der Waals surface area contributed by atoms with Gasteiger partial charge in [0.05, 0.1) is 18.3 Å². The zero-order valence-corrected chi connectivity index (χ0v) is 12.7. The molecule has 0 bridgehead atoms. The van der Waals surface area contributed by atoms with Crippen LogP contribution < -0.4 is 10.1 Å². The Kier molecular flexibility index (Phi) is 5.22. The zero-order chi connectivity index (χ0) is 14.4. The third kappa shape index (κ3) is 3.41. The Hall–Kier alpha value is -1.77. The van der Waals surface area contributed by atoms with Crippen LogP contribution in [0.15, 0.2) is 24.4 Å². The largest absolute Gasteiger partial charge is 0.497 e. The summed E-state index contributed by atoms with van der Waals surface area (Å²) in [4.78, 5) is 4.51. The van der Waals surface area contributed by atoms with Gasteiger partial charge in [-0.25, -0.2) is 0 Å². The average molecular weight is 272 g/mol. The monoisotopic (exact) mass is 272 g/mol. The van der Waals surface area contributed by atoms with Crippen molar-refractivity contribution >= 4 is 16.6 Å². The summed E-state index contributed by atoms with van der Waals surface area (Å²) in [6.45, 7) is 5.32. The van der Waals surface area contributed by atoms with Crippen LogP contribution in [0.4, 0.5) is 5.69 Å². The number of benzene rings is 1. The number of nitrogens with zero attached hydrogens (tertiary/aromatic N) is 1.